The van der Waals surface area contributed by atoms with Crippen LogP contribution < -0.4 is 4.90 Å². The van der Waals surface area contributed by atoms with Gasteiger partial charge in [-0.05, 0) is 48.6 Å². The van der Waals surface area contributed by atoms with Gasteiger partial charge in [0.25, 0.3) is 17.7 Å². The highest BCUT2D eigenvalue weighted by Crippen LogP contribution is 2.29. The molecule has 4 rings (SSSR count). The molecule has 0 aromatic heterocycles. The molecule has 3 amide bonds. The van der Waals surface area contributed by atoms with Gasteiger partial charge in [0.05, 0.1) is 16.8 Å². The Morgan fingerprint density at radius 3 is 2.07 bits per heavy atom. The highest BCUT2D eigenvalue weighted by molar-refractivity contribution is 6.34. The summed E-state index contributed by atoms with van der Waals surface area (Å²) in [6.07, 6.45) is 1.12. The Bertz CT molecular complexity index is 892. The third-order valence-corrected chi connectivity index (χ3v) is 5.30. The smallest absolute Gasteiger partial charge is 0.266 e. The first-order chi connectivity index (χ1) is 13.0. The van der Waals surface area contributed by atoms with Gasteiger partial charge in [0.1, 0.15) is 0 Å². The van der Waals surface area contributed by atoms with E-state index in [9.17, 15) is 14.4 Å². The molecule has 138 valence electrons. The van der Waals surface area contributed by atoms with Crippen LogP contribution in [0.1, 0.15) is 51.3 Å². The number of rotatable bonds is 2. The molecule has 0 radical (unpaired) electrons. The number of imide groups is 1. The molecule has 27 heavy (non-hydrogen) atoms. The minimum atomic E-state index is -0.347. The molecule has 1 fully saturated rings. The molecule has 5 heteroatoms. The van der Waals surface area contributed by atoms with Gasteiger partial charge in [-0.2, -0.15) is 0 Å². The van der Waals surface area contributed by atoms with E-state index in [4.69, 9.17) is 0 Å². The molecule has 2 heterocycles. The van der Waals surface area contributed by atoms with Crippen molar-refractivity contribution in [1.29, 1.82) is 0 Å². The highest BCUT2D eigenvalue weighted by atomic mass is 16.2. The molecule has 1 saturated heterocycles. The first-order valence-corrected chi connectivity index (χ1v) is 9.33. The van der Waals surface area contributed by atoms with Gasteiger partial charge in [-0.25, -0.2) is 4.90 Å². The van der Waals surface area contributed by atoms with Crippen molar-refractivity contribution in [2.24, 2.45) is 11.8 Å². The van der Waals surface area contributed by atoms with E-state index in [0.717, 1.165) is 24.4 Å². The summed E-state index contributed by atoms with van der Waals surface area (Å²) in [6, 6.07) is 13.6. The number of carbonyl (C=O) groups is 3. The standard InChI is InChI=1S/C22H22N2O3/c1-14-10-15(2)13-23(12-14)20(25)16-6-5-7-17(11-16)24-21(26)18-8-3-4-9-19(18)22(24)27/h3-9,11,14-15H,10,12-13H2,1-2H3/t14-,15-/m0/s1. The monoisotopic (exact) mass is 362 g/mol. The molecule has 0 bridgehead atoms. The average molecular weight is 362 g/mol. The van der Waals surface area contributed by atoms with Gasteiger partial charge in [0.15, 0.2) is 0 Å². The van der Waals surface area contributed by atoms with E-state index in [1.165, 1.54) is 0 Å². The van der Waals surface area contributed by atoms with Gasteiger partial charge in [-0.1, -0.05) is 32.0 Å². The Morgan fingerprint density at radius 2 is 1.48 bits per heavy atom. The molecule has 0 N–H and O–H groups in total. The lowest BCUT2D eigenvalue weighted by Gasteiger charge is -2.35. The molecular weight excluding hydrogens is 340 g/mol. The Labute approximate surface area is 158 Å². The second kappa shape index (κ2) is 6.65. The SMILES string of the molecule is C[C@H]1C[C@H](C)CN(C(=O)c2cccc(N3C(=O)c4ccccc4C3=O)c2)C1. The van der Waals surface area contributed by atoms with Crippen LogP contribution in [0.5, 0.6) is 0 Å². The van der Waals surface area contributed by atoms with Crippen LogP contribution >= 0.6 is 0 Å². The van der Waals surface area contributed by atoms with Gasteiger partial charge < -0.3 is 4.90 Å². The maximum Gasteiger partial charge on any atom is 0.266 e. The Kier molecular flexibility index (Phi) is 4.30. The summed E-state index contributed by atoms with van der Waals surface area (Å²) in [6.45, 7) is 5.79. The molecule has 0 saturated carbocycles. The maximum absolute atomic E-state index is 13.0. The lowest BCUT2D eigenvalue weighted by molar-refractivity contribution is 0.0622. The zero-order valence-electron chi connectivity index (χ0n) is 15.5. The van der Waals surface area contributed by atoms with Crippen LogP contribution in [-0.2, 0) is 0 Å². The van der Waals surface area contributed by atoms with E-state index in [2.05, 4.69) is 13.8 Å². The maximum atomic E-state index is 13.0. The predicted octanol–water partition coefficient (Wildman–Crippen LogP) is 3.61. The minimum Gasteiger partial charge on any atom is -0.338 e. The third kappa shape index (κ3) is 3.03. The lowest BCUT2D eigenvalue weighted by Crippen LogP contribution is -2.42. The number of anilines is 1. The lowest BCUT2D eigenvalue weighted by atomic mass is 9.91. The fourth-order valence-electron chi connectivity index (χ4n) is 4.21. The van der Waals surface area contributed by atoms with Gasteiger partial charge in [0.2, 0.25) is 0 Å². The van der Waals surface area contributed by atoms with Gasteiger partial charge >= 0.3 is 0 Å². The van der Waals surface area contributed by atoms with E-state index in [0.29, 0.717) is 34.2 Å². The molecule has 0 spiro atoms. The fraction of sp³-hybridized carbons (Fsp3) is 0.318. The number of likely N-dealkylation sites (tertiary alicyclic amines) is 1. The molecule has 5 nitrogen and oxygen atoms in total. The highest BCUT2D eigenvalue weighted by Gasteiger charge is 2.36. The largest absolute Gasteiger partial charge is 0.338 e. The van der Waals surface area contributed by atoms with Crippen LogP contribution in [0.4, 0.5) is 5.69 Å². The summed E-state index contributed by atoms with van der Waals surface area (Å²) in [4.78, 5) is 41.4. The second-order valence-electron chi connectivity index (χ2n) is 7.70. The average Bonchev–Trinajstić information content (AvgIpc) is 2.91. The minimum absolute atomic E-state index is 0.0492. The summed E-state index contributed by atoms with van der Waals surface area (Å²) in [5.74, 6) is 0.196. The predicted molar refractivity (Wildman–Crippen MR) is 103 cm³/mol. The van der Waals surface area contributed by atoms with Crippen molar-refractivity contribution in [3.05, 3.63) is 65.2 Å². The molecule has 2 aliphatic rings. The van der Waals surface area contributed by atoms with Crippen molar-refractivity contribution in [1.82, 2.24) is 4.90 Å². The molecular formula is C22H22N2O3. The zero-order valence-corrected chi connectivity index (χ0v) is 15.5. The van der Waals surface area contributed by atoms with Crippen LogP contribution in [0.15, 0.2) is 48.5 Å². The van der Waals surface area contributed by atoms with E-state index >= 15 is 0 Å². The van der Waals surface area contributed by atoms with E-state index in [1.807, 2.05) is 4.90 Å². The van der Waals surface area contributed by atoms with Crippen LogP contribution in [0.3, 0.4) is 0 Å². The Hall–Kier alpha value is -2.95. The topological polar surface area (TPSA) is 57.7 Å². The first-order valence-electron chi connectivity index (χ1n) is 9.33. The van der Waals surface area contributed by atoms with Crippen molar-refractivity contribution < 1.29 is 14.4 Å². The van der Waals surface area contributed by atoms with Gasteiger partial charge in [-0.15, -0.1) is 0 Å². The summed E-state index contributed by atoms with van der Waals surface area (Å²) in [5, 5.41) is 0. The number of piperidine rings is 1. The zero-order chi connectivity index (χ0) is 19.1. The number of fused-ring (bicyclic) bond motifs is 1. The van der Waals surface area contributed by atoms with Crippen LogP contribution in [-0.4, -0.2) is 35.7 Å². The summed E-state index contributed by atoms with van der Waals surface area (Å²) in [7, 11) is 0. The van der Waals surface area contributed by atoms with Crippen molar-refractivity contribution >= 4 is 23.4 Å². The second-order valence-corrected chi connectivity index (χ2v) is 7.70. The number of hydrogen-bond donors (Lipinski definition) is 0. The van der Waals surface area contributed by atoms with E-state index in [1.54, 1.807) is 48.5 Å². The van der Waals surface area contributed by atoms with Crippen LogP contribution in [0.25, 0.3) is 0 Å². The van der Waals surface area contributed by atoms with Crippen molar-refractivity contribution in [3.8, 4) is 0 Å². The molecule has 2 aromatic rings. The molecule has 0 unspecified atom stereocenters. The summed E-state index contributed by atoms with van der Waals surface area (Å²) < 4.78 is 0. The number of hydrogen-bond acceptors (Lipinski definition) is 3. The number of benzene rings is 2. The molecule has 2 aliphatic heterocycles. The van der Waals surface area contributed by atoms with Gasteiger partial charge in [-0.3, -0.25) is 14.4 Å². The van der Waals surface area contributed by atoms with Crippen LogP contribution in [0, 0.1) is 11.8 Å². The Balaban J connectivity index is 1.63. The van der Waals surface area contributed by atoms with Crippen molar-refractivity contribution in [3.63, 3.8) is 0 Å². The molecule has 2 atom stereocenters. The van der Waals surface area contributed by atoms with E-state index in [-0.39, 0.29) is 17.7 Å². The number of carbonyl (C=O) groups excluding carboxylic acids is 3. The van der Waals surface area contributed by atoms with Crippen molar-refractivity contribution in [2.45, 2.75) is 20.3 Å². The van der Waals surface area contributed by atoms with Crippen LogP contribution in [0.2, 0.25) is 0 Å². The van der Waals surface area contributed by atoms with E-state index < -0.39 is 0 Å². The molecule has 0 aliphatic carbocycles. The first kappa shape index (κ1) is 17.5. The third-order valence-electron chi connectivity index (χ3n) is 5.30. The normalized spacial score (nSPS) is 22.1. The van der Waals surface area contributed by atoms with Crippen molar-refractivity contribution in [2.75, 3.05) is 18.0 Å². The number of nitrogens with zero attached hydrogens (tertiary/aromatic N) is 2. The fourth-order valence-corrected chi connectivity index (χ4v) is 4.21. The Morgan fingerprint density at radius 1 is 0.889 bits per heavy atom. The van der Waals surface area contributed by atoms with Gasteiger partial charge in [0, 0.05) is 18.7 Å². The number of amides is 3. The quantitative estimate of drug-likeness (QED) is 0.767. The molecule has 2 aromatic carbocycles. The summed E-state index contributed by atoms with van der Waals surface area (Å²) >= 11 is 0. The summed E-state index contributed by atoms with van der Waals surface area (Å²) in [5.41, 5.74) is 1.74.